The number of likely N-dealkylation sites (tertiary alicyclic amines) is 1. The minimum Gasteiger partial charge on any atom is -0.486 e. The molecule has 1 atom stereocenters. The summed E-state index contributed by atoms with van der Waals surface area (Å²) in [5, 5.41) is 9.62. The molecule has 1 aromatic carbocycles. The molecule has 2 aliphatic rings. The van der Waals surface area contributed by atoms with Crippen LogP contribution in [0.25, 0.3) is 0 Å². The number of amides is 1. The van der Waals surface area contributed by atoms with Crippen LogP contribution in [0, 0.1) is 10.8 Å². The third kappa shape index (κ3) is 6.18. The molecule has 1 amide bonds. The second kappa shape index (κ2) is 11.7. The average Bonchev–Trinajstić information content (AvgIpc) is 2.92. The molecule has 2 aliphatic heterocycles. The van der Waals surface area contributed by atoms with Crippen LogP contribution < -0.4 is 15.4 Å². The van der Waals surface area contributed by atoms with Gasteiger partial charge in [0, 0.05) is 78.8 Å². The lowest BCUT2D eigenvalue weighted by Crippen LogP contribution is -2.64. The molecule has 0 saturated carbocycles. The van der Waals surface area contributed by atoms with Crippen LogP contribution in [0.4, 0.5) is 16.4 Å². The number of carbonyl (C=O) groups excluding carboxylic acids is 1. The average molecular weight is 599 g/mol. The number of nitrogen functional groups attached to an aromatic ring is 1. The van der Waals surface area contributed by atoms with Gasteiger partial charge in [-0.2, -0.15) is 0 Å². The summed E-state index contributed by atoms with van der Waals surface area (Å²) in [6, 6.07) is 5.14. The maximum absolute atomic E-state index is 12.4. The van der Waals surface area contributed by atoms with Crippen molar-refractivity contribution < 1.29 is 14.3 Å². The number of ether oxygens (including phenoxy) is 2. The van der Waals surface area contributed by atoms with Crippen molar-refractivity contribution in [1.82, 2.24) is 19.9 Å². The number of anilines is 2. The number of hydrogen-bond acceptors (Lipinski definition) is 9. The van der Waals surface area contributed by atoms with Crippen LogP contribution in [0.5, 0.6) is 5.75 Å². The van der Waals surface area contributed by atoms with Gasteiger partial charge in [0.05, 0.1) is 21.9 Å². The van der Waals surface area contributed by atoms with Crippen LogP contribution in [-0.4, -0.2) is 63.9 Å². The fraction of sp³-hybridized carbons (Fsp3) is 0.414. The van der Waals surface area contributed by atoms with Gasteiger partial charge in [-0.3, -0.25) is 10.4 Å². The van der Waals surface area contributed by atoms with Crippen molar-refractivity contribution in [2.75, 3.05) is 36.8 Å². The Bertz CT molecular complexity index is 1420. The van der Waals surface area contributed by atoms with E-state index in [2.05, 4.69) is 19.9 Å². The number of benzene rings is 1. The van der Waals surface area contributed by atoms with Crippen molar-refractivity contribution >= 4 is 46.6 Å². The summed E-state index contributed by atoms with van der Waals surface area (Å²) in [6.07, 6.45) is 7.46. The van der Waals surface area contributed by atoms with Gasteiger partial charge in [-0.1, -0.05) is 23.2 Å². The smallest absolute Gasteiger partial charge is 0.410 e. The Morgan fingerprint density at radius 3 is 2.41 bits per heavy atom. The van der Waals surface area contributed by atoms with Crippen LogP contribution >= 0.6 is 23.2 Å². The normalized spacial score (nSPS) is 16.8. The summed E-state index contributed by atoms with van der Waals surface area (Å²) >= 11 is 12.6. The first-order valence-corrected chi connectivity index (χ1v) is 14.3. The number of nitrogens with two attached hydrogens (primary N) is 1. The van der Waals surface area contributed by atoms with Crippen LogP contribution in [0.3, 0.4) is 0 Å². The summed E-state index contributed by atoms with van der Waals surface area (Å²) < 4.78 is 11.5. The van der Waals surface area contributed by atoms with E-state index in [4.69, 9.17) is 43.8 Å². The maximum atomic E-state index is 12.4. The summed E-state index contributed by atoms with van der Waals surface area (Å²) in [4.78, 5) is 29.4. The highest BCUT2D eigenvalue weighted by molar-refractivity contribution is 6.35. The second-order valence-electron chi connectivity index (χ2n) is 11.0. The third-order valence-corrected chi connectivity index (χ3v) is 8.02. The van der Waals surface area contributed by atoms with E-state index in [1.165, 1.54) is 12.4 Å². The van der Waals surface area contributed by atoms with Crippen molar-refractivity contribution in [3.05, 3.63) is 69.7 Å². The summed E-state index contributed by atoms with van der Waals surface area (Å²) in [7, 11) is 0. The van der Waals surface area contributed by atoms with E-state index >= 15 is 0 Å². The van der Waals surface area contributed by atoms with Gasteiger partial charge >= 0.3 is 6.09 Å². The quantitative estimate of drug-likeness (QED) is 0.259. The molecule has 0 unspecified atom stereocenters. The monoisotopic (exact) mass is 597 g/mol. The summed E-state index contributed by atoms with van der Waals surface area (Å²) in [5.41, 5.74) is 8.53. The van der Waals surface area contributed by atoms with Gasteiger partial charge in [-0.05, 0) is 51.8 Å². The minimum atomic E-state index is -0.455. The summed E-state index contributed by atoms with van der Waals surface area (Å²) in [6.45, 7) is 8.49. The first kappa shape index (κ1) is 28.9. The zero-order valence-electron chi connectivity index (χ0n) is 23.2. The van der Waals surface area contributed by atoms with E-state index in [1.54, 1.807) is 30.6 Å². The molecular weight excluding hydrogens is 565 g/mol. The van der Waals surface area contributed by atoms with E-state index in [0.29, 0.717) is 50.7 Å². The first-order chi connectivity index (χ1) is 19.5. The predicted octanol–water partition coefficient (Wildman–Crippen LogP) is 5.76. The molecule has 3 N–H and O–H groups in total. The van der Waals surface area contributed by atoms with Gasteiger partial charge in [0.2, 0.25) is 5.95 Å². The molecule has 2 saturated heterocycles. The predicted molar refractivity (Wildman–Crippen MR) is 159 cm³/mol. The number of rotatable bonds is 7. The molecule has 5 rings (SSSR count). The SMILES string of the molecule is CC(C)OC(=O)N1CCCC2(C1)CN(c1ncc(C(=N)c3cc(O[C@H](C)c4c(Cl)cncc4Cl)ccc3N)cn1)C2. The molecule has 0 aliphatic carbocycles. The molecule has 0 bridgehead atoms. The van der Waals surface area contributed by atoms with E-state index in [9.17, 15) is 4.79 Å². The molecule has 41 heavy (non-hydrogen) atoms. The highest BCUT2D eigenvalue weighted by atomic mass is 35.5. The minimum absolute atomic E-state index is 0.0275. The number of pyridine rings is 1. The summed E-state index contributed by atoms with van der Waals surface area (Å²) in [5.74, 6) is 1.11. The van der Waals surface area contributed by atoms with Gasteiger partial charge in [0.25, 0.3) is 0 Å². The molecule has 4 heterocycles. The fourth-order valence-corrected chi connectivity index (χ4v) is 6.14. The van der Waals surface area contributed by atoms with E-state index in [-0.39, 0.29) is 23.3 Å². The van der Waals surface area contributed by atoms with Crippen molar-refractivity contribution in [3.8, 4) is 5.75 Å². The van der Waals surface area contributed by atoms with Crippen LogP contribution in [0.15, 0.2) is 43.0 Å². The highest BCUT2D eigenvalue weighted by Gasteiger charge is 2.47. The molecule has 2 aromatic heterocycles. The zero-order chi connectivity index (χ0) is 29.3. The van der Waals surface area contributed by atoms with Gasteiger partial charge in [0.1, 0.15) is 11.9 Å². The Hall–Kier alpha value is -3.63. The number of nitrogens with one attached hydrogen (secondary N) is 1. The third-order valence-electron chi connectivity index (χ3n) is 7.42. The molecule has 216 valence electrons. The fourth-order valence-electron chi connectivity index (χ4n) is 5.47. The Balaban J connectivity index is 1.24. The molecule has 1 spiro atoms. The number of halogens is 2. The second-order valence-corrected chi connectivity index (χ2v) is 11.8. The Labute approximate surface area is 249 Å². The number of aromatic nitrogens is 3. The van der Waals surface area contributed by atoms with Crippen molar-refractivity contribution in [1.29, 1.82) is 5.41 Å². The number of nitrogens with zero attached hydrogens (tertiary/aromatic N) is 5. The number of hydrogen-bond donors (Lipinski definition) is 2. The van der Waals surface area contributed by atoms with Gasteiger partial charge in [-0.15, -0.1) is 0 Å². The number of piperidine rings is 1. The molecule has 3 aromatic rings. The molecule has 0 radical (unpaired) electrons. The molecule has 10 nitrogen and oxygen atoms in total. The van der Waals surface area contributed by atoms with Crippen molar-refractivity contribution in [2.45, 2.75) is 45.8 Å². The standard InChI is InChI=1S/C29H33Cl2N7O3/c1-17(2)40-28(39)37-8-4-7-29(14-37)15-38(16-29)27-35-10-19(11-36-27)26(33)21-9-20(5-6-24(21)32)41-18(3)25-22(30)12-34-13-23(25)31/h5-6,9-13,17-18,33H,4,7-8,14-16,32H2,1-3H3/t18-/m1/s1. The molecular formula is C29H33Cl2N7O3. The Morgan fingerprint density at radius 2 is 1.76 bits per heavy atom. The van der Waals surface area contributed by atoms with Gasteiger partial charge < -0.3 is 25.0 Å². The zero-order valence-corrected chi connectivity index (χ0v) is 24.7. The highest BCUT2D eigenvalue weighted by Crippen LogP contribution is 2.40. The van der Waals surface area contributed by atoms with Gasteiger partial charge in [-0.25, -0.2) is 14.8 Å². The van der Waals surface area contributed by atoms with E-state index in [0.717, 1.165) is 32.5 Å². The topological polar surface area (TPSA) is 131 Å². The van der Waals surface area contributed by atoms with E-state index < -0.39 is 6.10 Å². The van der Waals surface area contributed by atoms with Gasteiger partial charge in [0.15, 0.2) is 0 Å². The lowest BCUT2D eigenvalue weighted by atomic mass is 9.73. The van der Waals surface area contributed by atoms with Crippen molar-refractivity contribution in [2.24, 2.45) is 5.41 Å². The first-order valence-electron chi connectivity index (χ1n) is 13.5. The largest absolute Gasteiger partial charge is 0.486 e. The lowest BCUT2D eigenvalue weighted by Gasteiger charge is -2.54. The lowest BCUT2D eigenvalue weighted by molar-refractivity contribution is 0.0289. The molecule has 2 fully saturated rings. The van der Waals surface area contributed by atoms with Crippen LogP contribution in [-0.2, 0) is 4.74 Å². The van der Waals surface area contributed by atoms with Crippen molar-refractivity contribution in [3.63, 3.8) is 0 Å². The van der Waals surface area contributed by atoms with Crippen LogP contribution in [0.1, 0.15) is 56.4 Å². The maximum Gasteiger partial charge on any atom is 0.410 e. The Kier molecular flexibility index (Phi) is 8.24. The van der Waals surface area contributed by atoms with Crippen LogP contribution in [0.2, 0.25) is 10.0 Å². The number of carbonyl (C=O) groups is 1. The van der Waals surface area contributed by atoms with E-state index in [1.807, 2.05) is 25.7 Å². The Morgan fingerprint density at radius 1 is 1.07 bits per heavy atom. The molecule has 12 heteroatoms.